The number of aromatic amines is 1. The lowest BCUT2D eigenvalue weighted by Gasteiger charge is -2.00. The first-order valence-electron chi connectivity index (χ1n) is 4.97. The largest absolute Gasteiger partial charge is 0.288 e. The van der Waals surface area contributed by atoms with Gasteiger partial charge >= 0.3 is 0 Å². The van der Waals surface area contributed by atoms with E-state index in [0.717, 1.165) is 18.6 Å². The van der Waals surface area contributed by atoms with Crippen molar-refractivity contribution in [3.8, 4) is 0 Å². The predicted octanol–water partition coefficient (Wildman–Crippen LogP) is 1.23. The number of hydrogen-bond donors (Lipinski definition) is 2. The molecule has 1 rings (SSSR count). The summed E-state index contributed by atoms with van der Waals surface area (Å²) in [6.07, 6.45) is 3.51. The van der Waals surface area contributed by atoms with Crippen molar-refractivity contribution in [2.45, 2.75) is 26.7 Å². The fourth-order valence-electron chi connectivity index (χ4n) is 0.959. The van der Waals surface area contributed by atoms with Crippen molar-refractivity contribution >= 4 is 11.7 Å². The second-order valence-electron chi connectivity index (χ2n) is 3.37. The van der Waals surface area contributed by atoms with E-state index in [9.17, 15) is 4.79 Å². The summed E-state index contributed by atoms with van der Waals surface area (Å²) >= 11 is 0. The van der Waals surface area contributed by atoms with Crippen LogP contribution in [-0.2, 0) is 0 Å². The molecule has 0 aliphatic heterocycles. The average Bonchev–Trinajstić information content (AvgIpc) is 2.28. The first kappa shape index (κ1) is 12.1. The van der Waals surface area contributed by atoms with E-state index in [-0.39, 0.29) is 11.5 Å². The lowest BCUT2D eigenvalue weighted by atomic mass is 10.2. The summed E-state index contributed by atoms with van der Waals surface area (Å²) in [6, 6.07) is 0. The van der Waals surface area contributed by atoms with Crippen LogP contribution in [-0.4, -0.2) is 20.9 Å². The summed E-state index contributed by atoms with van der Waals surface area (Å²) in [5, 5.41) is 11.5. The van der Waals surface area contributed by atoms with Gasteiger partial charge in [0.25, 0.3) is 5.56 Å². The molecule has 0 saturated carbocycles. The first-order valence-corrected chi connectivity index (χ1v) is 4.97. The molecule has 0 bridgehead atoms. The normalized spacial score (nSPS) is 11.2. The Balaban J connectivity index is 2.63. The summed E-state index contributed by atoms with van der Waals surface area (Å²) in [4.78, 5) is 13.7. The molecule has 0 unspecified atom stereocenters. The molecule has 6 heteroatoms. The fraction of sp³-hybridized carbons (Fsp3) is 0.400. The number of nitrogens with zero attached hydrogens (tertiary/aromatic N) is 3. The molecule has 2 N–H and O–H groups in total. The van der Waals surface area contributed by atoms with Gasteiger partial charge in [0.2, 0.25) is 5.95 Å². The number of aryl methyl sites for hydroxylation is 1. The summed E-state index contributed by atoms with van der Waals surface area (Å²) in [5.41, 5.74) is 3.62. The highest BCUT2D eigenvalue weighted by Crippen LogP contribution is 1.96. The van der Waals surface area contributed by atoms with E-state index in [0.29, 0.717) is 5.69 Å². The Morgan fingerprint density at radius 1 is 1.62 bits per heavy atom. The molecule has 0 aromatic carbocycles. The molecule has 0 atom stereocenters. The van der Waals surface area contributed by atoms with Crippen molar-refractivity contribution in [1.82, 2.24) is 15.2 Å². The van der Waals surface area contributed by atoms with Crippen LogP contribution in [0.1, 0.15) is 25.5 Å². The Kier molecular flexibility index (Phi) is 4.38. The smallest absolute Gasteiger partial charge is 0.274 e. The Bertz CT molecular complexity index is 449. The van der Waals surface area contributed by atoms with Crippen LogP contribution in [0.3, 0.4) is 0 Å². The zero-order valence-electron chi connectivity index (χ0n) is 9.45. The summed E-state index contributed by atoms with van der Waals surface area (Å²) in [7, 11) is 0. The van der Waals surface area contributed by atoms with Crippen LogP contribution in [0.4, 0.5) is 5.95 Å². The van der Waals surface area contributed by atoms with Crippen LogP contribution in [0.2, 0.25) is 0 Å². The van der Waals surface area contributed by atoms with Crippen molar-refractivity contribution in [2.75, 3.05) is 5.43 Å². The molecular weight excluding hydrogens is 206 g/mol. The second-order valence-corrected chi connectivity index (χ2v) is 3.37. The van der Waals surface area contributed by atoms with E-state index in [2.05, 4.69) is 32.3 Å². The van der Waals surface area contributed by atoms with Gasteiger partial charge in [-0.15, -0.1) is 16.8 Å². The molecule has 0 fully saturated rings. The second kappa shape index (κ2) is 5.79. The third-order valence-corrected chi connectivity index (χ3v) is 1.92. The Labute approximate surface area is 93.5 Å². The minimum atomic E-state index is -0.267. The van der Waals surface area contributed by atoms with E-state index in [4.69, 9.17) is 0 Å². The molecule has 0 aliphatic rings. The van der Waals surface area contributed by atoms with Crippen molar-refractivity contribution in [3.63, 3.8) is 0 Å². The Morgan fingerprint density at radius 3 is 3.00 bits per heavy atom. The van der Waals surface area contributed by atoms with Crippen molar-refractivity contribution < 1.29 is 0 Å². The van der Waals surface area contributed by atoms with Gasteiger partial charge < -0.3 is 0 Å². The van der Waals surface area contributed by atoms with Crippen LogP contribution >= 0.6 is 0 Å². The predicted molar refractivity (Wildman–Crippen MR) is 63.6 cm³/mol. The maximum absolute atomic E-state index is 11.2. The molecular formula is C10H15N5O. The van der Waals surface area contributed by atoms with Gasteiger partial charge in [0.05, 0.1) is 0 Å². The van der Waals surface area contributed by atoms with Crippen molar-refractivity contribution in [2.24, 2.45) is 5.10 Å². The molecule has 6 nitrogen and oxygen atoms in total. The van der Waals surface area contributed by atoms with E-state index in [1.807, 2.05) is 13.0 Å². The number of rotatable bonds is 5. The minimum absolute atomic E-state index is 0.244. The standard InChI is InChI=1S/C10H15N5O/c1-4-5-6-7(2)12-14-10-11-9(16)8(3)13-15-10/h4H,1,5-6H2,2-3H3,(H2,11,14,15,16)/b12-7+. The van der Waals surface area contributed by atoms with Crippen LogP contribution < -0.4 is 11.0 Å². The number of anilines is 1. The van der Waals surface area contributed by atoms with Gasteiger partial charge in [0, 0.05) is 5.71 Å². The fourth-order valence-corrected chi connectivity index (χ4v) is 0.959. The lowest BCUT2D eigenvalue weighted by Crippen LogP contribution is -2.15. The molecule has 1 aromatic rings. The number of H-pyrrole nitrogens is 1. The number of hydrazone groups is 1. The number of hydrogen-bond acceptors (Lipinski definition) is 5. The molecule has 0 amide bonds. The zero-order chi connectivity index (χ0) is 12.0. The molecule has 1 aromatic heterocycles. The van der Waals surface area contributed by atoms with Crippen LogP contribution in [0.25, 0.3) is 0 Å². The zero-order valence-corrected chi connectivity index (χ0v) is 9.45. The summed E-state index contributed by atoms with van der Waals surface area (Å²) in [5.74, 6) is 0.244. The summed E-state index contributed by atoms with van der Waals surface area (Å²) in [6.45, 7) is 7.10. The van der Waals surface area contributed by atoms with Crippen LogP contribution in [0.15, 0.2) is 22.6 Å². The topological polar surface area (TPSA) is 83.0 Å². The highest BCUT2D eigenvalue weighted by atomic mass is 16.1. The van der Waals surface area contributed by atoms with Gasteiger partial charge in [0.1, 0.15) is 5.69 Å². The van der Waals surface area contributed by atoms with Gasteiger partial charge in [-0.25, -0.2) is 5.43 Å². The quantitative estimate of drug-likeness (QED) is 0.445. The minimum Gasteiger partial charge on any atom is -0.288 e. The lowest BCUT2D eigenvalue weighted by molar-refractivity contribution is 0.895. The van der Waals surface area contributed by atoms with Gasteiger partial charge in [-0.3, -0.25) is 9.78 Å². The Hall–Kier alpha value is -1.98. The van der Waals surface area contributed by atoms with E-state index < -0.39 is 0 Å². The average molecular weight is 221 g/mol. The monoisotopic (exact) mass is 221 g/mol. The van der Waals surface area contributed by atoms with Gasteiger partial charge in [0.15, 0.2) is 0 Å². The molecule has 86 valence electrons. The van der Waals surface area contributed by atoms with Crippen LogP contribution in [0, 0.1) is 6.92 Å². The molecule has 16 heavy (non-hydrogen) atoms. The number of nitrogens with one attached hydrogen (secondary N) is 2. The maximum atomic E-state index is 11.2. The molecule has 0 saturated heterocycles. The highest BCUT2D eigenvalue weighted by Gasteiger charge is 1.98. The van der Waals surface area contributed by atoms with E-state index in [1.165, 1.54) is 0 Å². The molecule has 0 spiro atoms. The number of allylic oxidation sites excluding steroid dienone is 1. The van der Waals surface area contributed by atoms with Gasteiger partial charge in [-0.2, -0.15) is 5.10 Å². The highest BCUT2D eigenvalue weighted by molar-refractivity contribution is 5.82. The number of aromatic nitrogens is 3. The third-order valence-electron chi connectivity index (χ3n) is 1.92. The molecule has 1 heterocycles. The van der Waals surface area contributed by atoms with E-state index >= 15 is 0 Å². The SMILES string of the molecule is C=CCC/C(C)=N/Nc1nnc(C)c(=O)[nH]1. The maximum Gasteiger partial charge on any atom is 0.274 e. The van der Waals surface area contributed by atoms with Crippen molar-refractivity contribution in [3.05, 3.63) is 28.7 Å². The summed E-state index contributed by atoms with van der Waals surface area (Å²) < 4.78 is 0. The Morgan fingerprint density at radius 2 is 2.38 bits per heavy atom. The van der Waals surface area contributed by atoms with Gasteiger partial charge in [-0.05, 0) is 26.7 Å². The van der Waals surface area contributed by atoms with Crippen LogP contribution in [0.5, 0.6) is 0 Å². The molecule has 0 aliphatic carbocycles. The first-order chi connectivity index (χ1) is 7.63. The van der Waals surface area contributed by atoms with Crippen molar-refractivity contribution in [1.29, 1.82) is 0 Å². The van der Waals surface area contributed by atoms with E-state index in [1.54, 1.807) is 6.92 Å². The molecule has 0 radical (unpaired) electrons. The third kappa shape index (κ3) is 3.64. The van der Waals surface area contributed by atoms with Gasteiger partial charge in [-0.1, -0.05) is 6.08 Å².